The van der Waals surface area contributed by atoms with Gasteiger partial charge >= 0.3 is 0 Å². The Labute approximate surface area is 146 Å². The van der Waals surface area contributed by atoms with Crippen LogP contribution in [-0.2, 0) is 4.79 Å². The molecule has 0 fully saturated rings. The summed E-state index contributed by atoms with van der Waals surface area (Å²) in [6, 6.07) is 1.20. The molecule has 0 aliphatic heterocycles. The summed E-state index contributed by atoms with van der Waals surface area (Å²) in [6.07, 6.45) is -2.82. The van der Waals surface area contributed by atoms with Gasteiger partial charge in [0.05, 0.1) is 16.3 Å². The van der Waals surface area contributed by atoms with Gasteiger partial charge < -0.3 is 5.32 Å². The Kier molecular flexibility index (Phi) is 5.26. The predicted octanol–water partition coefficient (Wildman–Crippen LogP) is 4.53. The Morgan fingerprint density at radius 3 is 2.54 bits per heavy atom. The molecule has 0 saturated heterocycles. The first-order valence-corrected chi connectivity index (χ1v) is 8.22. The number of alkyl halides is 2. The number of thiophene rings is 1. The van der Waals surface area contributed by atoms with Crippen molar-refractivity contribution in [2.24, 2.45) is 0 Å². The Balaban J connectivity index is 2.30. The van der Waals surface area contributed by atoms with Crippen molar-refractivity contribution in [2.75, 3.05) is 5.32 Å². The van der Waals surface area contributed by atoms with Gasteiger partial charge in [-0.2, -0.15) is 10.4 Å². The van der Waals surface area contributed by atoms with E-state index in [2.05, 4.69) is 16.5 Å². The Hall–Kier alpha value is -1.98. The number of nitriles is 1. The summed E-state index contributed by atoms with van der Waals surface area (Å²) in [5.41, 5.74) is 0.952. The van der Waals surface area contributed by atoms with Crippen molar-refractivity contribution < 1.29 is 13.6 Å². The van der Waals surface area contributed by atoms with Crippen LogP contribution in [0.1, 0.15) is 46.8 Å². The second-order valence-electron chi connectivity index (χ2n) is 5.29. The quantitative estimate of drug-likeness (QED) is 0.856. The molecule has 0 bridgehead atoms. The maximum absolute atomic E-state index is 12.9. The van der Waals surface area contributed by atoms with Gasteiger partial charge in [-0.1, -0.05) is 11.6 Å². The van der Waals surface area contributed by atoms with Gasteiger partial charge in [0.25, 0.3) is 6.43 Å². The van der Waals surface area contributed by atoms with E-state index in [-0.39, 0.29) is 10.7 Å². The standard InChI is InChI=1S/C15H15ClF2N4OS/c1-6-9(4)24-15(10(6)5-19)20-14(23)8(3)22-7(2)11(16)12(21-22)13(17)18/h8,13H,1-4H3,(H,20,23)/t8-/m0/s1. The molecule has 0 aliphatic carbocycles. The minimum absolute atomic E-state index is 0.148. The fourth-order valence-corrected chi connectivity index (χ4v) is 3.44. The molecular weight excluding hydrogens is 358 g/mol. The Morgan fingerprint density at radius 1 is 1.42 bits per heavy atom. The van der Waals surface area contributed by atoms with Crippen LogP contribution in [0.2, 0.25) is 5.02 Å². The topological polar surface area (TPSA) is 70.7 Å². The monoisotopic (exact) mass is 372 g/mol. The third kappa shape index (κ3) is 3.14. The van der Waals surface area contributed by atoms with Crippen molar-refractivity contribution in [1.29, 1.82) is 5.26 Å². The minimum Gasteiger partial charge on any atom is -0.315 e. The molecule has 0 spiro atoms. The lowest BCUT2D eigenvalue weighted by Crippen LogP contribution is -2.25. The van der Waals surface area contributed by atoms with E-state index in [9.17, 15) is 18.8 Å². The molecule has 0 saturated carbocycles. The summed E-state index contributed by atoms with van der Waals surface area (Å²) in [5, 5.41) is 15.9. The summed E-state index contributed by atoms with van der Waals surface area (Å²) in [5.74, 6) is -0.462. The zero-order chi connectivity index (χ0) is 18.2. The predicted molar refractivity (Wildman–Crippen MR) is 88.8 cm³/mol. The zero-order valence-electron chi connectivity index (χ0n) is 13.4. The average molecular weight is 373 g/mol. The molecule has 128 valence electrons. The molecule has 0 unspecified atom stereocenters. The molecule has 5 nitrogen and oxygen atoms in total. The Bertz CT molecular complexity index is 838. The van der Waals surface area contributed by atoms with E-state index in [0.29, 0.717) is 10.6 Å². The maximum Gasteiger partial charge on any atom is 0.283 e. The molecule has 1 N–H and O–H groups in total. The number of anilines is 1. The van der Waals surface area contributed by atoms with E-state index in [0.717, 1.165) is 10.4 Å². The van der Waals surface area contributed by atoms with Gasteiger partial charge in [-0.3, -0.25) is 9.48 Å². The second-order valence-corrected chi connectivity index (χ2v) is 6.90. The molecule has 2 heterocycles. The number of carbonyl (C=O) groups is 1. The molecular formula is C15H15ClF2N4OS. The van der Waals surface area contributed by atoms with Crippen LogP contribution in [0.5, 0.6) is 0 Å². The van der Waals surface area contributed by atoms with Crippen LogP contribution in [0, 0.1) is 32.1 Å². The third-order valence-electron chi connectivity index (χ3n) is 3.79. The third-order valence-corrected chi connectivity index (χ3v) is 5.38. The molecule has 0 radical (unpaired) electrons. The van der Waals surface area contributed by atoms with Gasteiger partial charge in [0.15, 0.2) is 0 Å². The molecule has 1 amide bonds. The van der Waals surface area contributed by atoms with Gasteiger partial charge in [-0.25, -0.2) is 8.78 Å². The number of amides is 1. The summed E-state index contributed by atoms with van der Waals surface area (Å²) >= 11 is 7.15. The van der Waals surface area contributed by atoms with Crippen molar-refractivity contribution in [1.82, 2.24) is 9.78 Å². The number of halogens is 3. The highest BCUT2D eigenvalue weighted by atomic mass is 35.5. The van der Waals surface area contributed by atoms with E-state index >= 15 is 0 Å². The van der Waals surface area contributed by atoms with E-state index in [1.165, 1.54) is 29.9 Å². The maximum atomic E-state index is 12.9. The van der Waals surface area contributed by atoms with E-state index in [1.807, 2.05) is 6.92 Å². The van der Waals surface area contributed by atoms with E-state index < -0.39 is 24.1 Å². The number of hydrogen-bond donors (Lipinski definition) is 1. The van der Waals surface area contributed by atoms with Crippen molar-refractivity contribution in [3.05, 3.63) is 32.4 Å². The lowest BCUT2D eigenvalue weighted by molar-refractivity contribution is -0.119. The van der Waals surface area contributed by atoms with Gasteiger partial charge in [0, 0.05) is 4.88 Å². The van der Waals surface area contributed by atoms with Crippen LogP contribution in [-0.4, -0.2) is 15.7 Å². The highest BCUT2D eigenvalue weighted by Crippen LogP contribution is 2.33. The van der Waals surface area contributed by atoms with Crippen LogP contribution in [0.25, 0.3) is 0 Å². The Morgan fingerprint density at radius 2 is 2.04 bits per heavy atom. The SMILES string of the molecule is Cc1sc(NC(=O)[C@H](C)n2nc(C(F)F)c(Cl)c2C)c(C#N)c1C. The van der Waals surface area contributed by atoms with Gasteiger partial charge in [-0.05, 0) is 33.3 Å². The number of aromatic nitrogens is 2. The molecule has 2 aromatic rings. The van der Waals surface area contributed by atoms with E-state index in [1.54, 1.807) is 6.92 Å². The number of aryl methyl sites for hydroxylation is 1. The van der Waals surface area contributed by atoms with Crippen LogP contribution in [0.15, 0.2) is 0 Å². The average Bonchev–Trinajstić information content (AvgIpc) is 2.96. The molecule has 24 heavy (non-hydrogen) atoms. The molecule has 0 aliphatic rings. The number of rotatable bonds is 4. The fraction of sp³-hybridized carbons (Fsp3) is 0.400. The number of carbonyl (C=O) groups excluding carboxylic acids is 1. The number of nitrogens with zero attached hydrogens (tertiary/aromatic N) is 3. The van der Waals surface area contributed by atoms with Crippen LogP contribution >= 0.6 is 22.9 Å². The van der Waals surface area contributed by atoms with Gasteiger partial charge in [0.1, 0.15) is 22.8 Å². The van der Waals surface area contributed by atoms with Crippen LogP contribution < -0.4 is 5.32 Å². The van der Waals surface area contributed by atoms with Crippen molar-refractivity contribution >= 4 is 33.8 Å². The summed E-state index contributed by atoms with van der Waals surface area (Å²) in [4.78, 5) is 13.4. The van der Waals surface area contributed by atoms with Crippen molar-refractivity contribution in [3.8, 4) is 6.07 Å². The van der Waals surface area contributed by atoms with Gasteiger partial charge in [0.2, 0.25) is 5.91 Å². The molecule has 2 rings (SSSR count). The second kappa shape index (κ2) is 6.87. The molecule has 1 atom stereocenters. The van der Waals surface area contributed by atoms with Crippen LogP contribution in [0.3, 0.4) is 0 Å². The first-order chi connectivity index (χ1) is 11.2. The first kappa shape index (κ1) is 18.4. The zero-order valence-corrected chi connectivity index (χ0v) is 15.0. The van der Waals surface area contributed by atoms with Crippen molar-refractivity contribution in [3.63, 3.8) is 0 Å². The largest absolute Gasteiger partial charge is 0.315 e. The normalized spacial score (nSPS) is 12.3. The number of hydrogen-bond acceptors (Lipinski definition) is 4. The minimum atomic E-state index is -2.82. The van der Waals surface area contributed by atoms with E-state index in [4.69, 9.17) is 11.6 Å². The highest BCUT2D eigenvalue weighted by molar-refractivity contribution is 7.16. The molecule has 0 aromatic carbocycles. The van der Waals surface area contributed by atoms with Crippen LogP contribution in [0.4, 0.5) is 13.8 Å². The smallest absolute Gasteiger partial charge is 0.283 e. The fourth-order valence-electron chi connectivity index (χ4n) is 2.21. The first-order valence-electron chi connectivity index (χ1n) is 7.02. The van der Waals surface area contributed by atoms with Gasteiger partial charge in [-0.15, -0.1) is 11.3 Å². The summed E-state index contributed by atoms with van der Waals surface area (Å²) in [6.45, 7) is 6.70. The summed E-state index contributed by atoms with van der Waals surface area (Å²) < 4.78 is 26.9. The molecule has 9 heteroatoms. The lowest BCUT2D eigenvalue weighted by atomic mass is 10.2. The lowest BCUT2D eigenvalue weighted by Gasteiger charge is -2.14. The van der Waals surface area contributed by atoms with Crippen molar-refractivity contribution in [2.45, 2.75) is 40.2 Å². The molecule has 2 aromatic heterocycles. The summed E-state index contributed by atoms with van der Waals surface area (Å²) in [7, 11) is 0. The highest BCUT2D eigenvalue weighted by Gasteiger charge is 2.26. The number of nitrogens with one attached hydrogen (secondary N) is 1.